The molecule has 7 heteroatoms. The number of aliphatic hydroxyl groups excluding tert-OH is 1. The lowest BCUT2D eigenvalue weighted by Crippen LogP contribution is -2.55. The van der Waals surface area contributed by atoms with Crippen LogP contribution in [-0.4, -0.2) is 61.3 Å². The number of nitrogens with zero attached hydrogens (tertiary/aromatic N) is 1. The first-order chi connectivity index (χ1) is 8.75. The van der Waals surface area contributed by atoms with E-state index in [-0.39, 0.29) is 17.1 Å². The Morgan fingerprint density at radius 3 is 2.47 bits per heavy atom. The summed E-state index contributed by atoms with van der Waals surface area (Å²) in [6, 6.07) is -0.531. The van der Waals surface area contributed by atoms with E-state index in [1.54, 1.807) is 4.90 Å². The number of carbonyl (C=O) groups is 2. The number of likely N-dealkylation sites (tertiary alicyclic amines) is 1. The molecule has 0 aromatic carbocycles. The van der Waals surface area contributed by atoms with Crippen molar-refractivity contribution >= 4 is 26.1 Å². The van der Waals surface area contributed by atoms with Crippen molar-refractivity contribution < 1.29 is 14.7 Å². The van der Waals surface area contributed by atoms with Crippen molar-refractivity contribution in [2.45, 2.75) is 46.2 Å². The van der Waals surface area contributed by atoms with Crippen LogP contribution in [0.15, 0.2) is 0 Å². The number of β-amino-alcohol motifs (C(OH)–C–C–N with tert-alkyl or cyclic N) is 1. The molecule has 19 heavy (non-hydrogen) atoms. The second-order valence-electron chi connectivity index (χ2n) is 6.34. The van der Waals surface area contributed by atoms with Crippen LogP contribution in [0.4, 0.5) is 4.79 Å². The Balaban J connectivity index is 2.74. The van der Waals surface area contributed by atoms with Gasteiger partial charge in [0.1, 0.15) is 6.04 Å². The molecule has 0 unspecified atom stereocenters. The fourth-order valence-electron chi connectivity index (χ4n) is 2.23. The van der Waals surface area contributed by atoms with Gasteiger partial charge >= 0.3 is 0 Å². The van der Waals surface area contributed by atoms with Crippen molar-refractivity contribution in [2.75, 3.05) is 13.1 Å². The van der Waals surface area contributed by atoms with Gasteiger partial charge in [0.2, 0.25) is 5.91 Å². The van der Waals surface area contributed by atoms with Gasteiger partial charge in [0.05, 0.1) is 13.3 Å². The van der Waals surface area contributed by atoms with Crippen molar-refractivity contribution in [3.8, 4) is 0 Å². The molecule has 0 aliphatic carbocycles. The summed E-state index contributed by atoms with van der Waals surface area (Å²) in [5, 5.41) is 12.4. The number of rotatable bonds is 4. The highest BCUT2D eigenvalue weighted by molar-refractivity contribution is 7.15. The van der Waals surface area contributed by atoms with Gasteiger partial charge in [-0.2, -0.15) is 0 Å². The van der Waals surface area contributed by atoms with Crippen LogP contribution >= 0.6 is 0 Å². The molecule has 5 nitrogen and oxygen atoms in total. The van der Waals surface area contributed by atoms with Gasteiger partial charge in [-0.1, -0.05) is 27.6 Å². The summed E-state index contributed by atoms with van der Waals surface area (Å²) in [5.41, 5.74) is -0.339. The average Bonchev–Trinajstić information content (AvgIpc) is 2.71. The smallest absolute Gasteiger partial charge is 0.245 e. The predicted octanol–water partition coefficient (Wildman–Crippen LogP) is -0.460. The van der Waals surface area contributed by atoms with Crippen molar-refractivity contribution in [1.29, 1.82) is 0 Å². The van der Waals surface area contributed by atoms with Crippen LogP contribution in [0.25, 0.3) is 0 Å². The molecule has 0 spiro atoms. The first-order valence-corrected chi connectivity index (χ1v) is 7.02. The van der Waals surface area contributed by atoms with E-state index in [9.17, 15) is 14.7 Å². The molecule has 1 heterocycles. The Labute approximate surface area is 116 Å². The first kappa shape index (κ1) is 16.1. The zero-order chi connectivity index (χ0) is 14.6. The minimum Gasteiger partial charge on any atom is -0.391 e. The van der Waals surface area contributed by atoms with Crippen LogP contribution < -0.4 is 5.32 Å². The molecular weight excluding hydrogens is 242 g/mol. The van der Waals surface area contributed by atoms with Crippen LogP contribution in [-0.2, 0) is 4.79 Å². The van der Waals surface area contributed by atoms with Crippen LogP contribution in [0.5, 0.6) is 0 Å². The third-order valence-electron chi connectivity index (χ3n) is 3.37. The molecule has 106 valence electrons. The molecule has 2 atom stereocenters. The SMILES string of the molecule is CBBC(=O)N[C@H](C(=O)N1CC[C@@H](O)C1)C(C)(C)C. The van der Waals surface area contributed by atoms with Crippen molar-refractivity contribution in [3.63, 3.8) is 0 Å². The Hall–Kier alpha value is -0.970. The lowest BCUT2D eigenvalue weighted by atomic mass is 9.40. The molecule has 0 aromatic rings. The maximum absolute atomic E-state index is 12.5. The minimum atomic E-state index is -0.531. The number of hydrogen-bond donors (Lipinski definition) is 2. The van der Waals surface area contributed by atoms with E-state index in [0.717, 1.165) is 7.17 Å². The summed E-state index contributed by atoms with van der Waals surface area (Å²) < 4.78 is 0. The second kappa shape index (κ2) is 6.46. The standard InChI is InChI=1S/C12H24B2N2O3/c1-12(2,3)9(15-11(19)14-13-4)10(18)16-6-5-8(17)7-16/h8-9,13-14,17H,5-7H2,1-4H3,(H,15,19)/t8-,9-/m1/s1. The number of carbonyl (C=O) groups excluding carboxylic acids is 2. The zero-order valence-electron chi connectivity index (χ0n) is 12.4. The van der Waals surface area contributed by atoms with Crippen LogP contribution in [0.1, 0.15) is 27.2 Å². The van der Waals surface area contributed by atoms with Gasteiger partial charge in [0.25, 0.3) is 0 Å². The van der Waals surface area contributed by atoms with Crippen LogP contribution in [0.3, 0.4) is 0 Å². The van der Waals surface area contributed by atoms with Gasteiger partial charge in [-0.3, -0.25) is 9.59 Å². The topological polar surface area (TPSA) is 69.6 Å². The maximum atomic E-state index is 12.5. The van der Waals surface area contributed by atoms with Gasteiger partial charge < -0.3 is 15.3 Å². The fourth-order valence-corrected chi connectivity index (χ4v) is 2.23. The molecule has 1 rings (SSSR count). The molecule has 1 fully saturated rings. The van der Waals surface area contributed by atoms with Gasteiger partial charge in [-0.05, 0) is 11.8 Å². The molecule has 0 radical (unpaired) electrons. The summed E-state index contributed by atoms with van der Waals surface area (Å²) >= 11 is 0. The van der Waals surface area contributed by atoms with E-state index < -0.39 is 12.1 Å². The lowest BCUT2D eigenvalue weighted by molar-refractivity contribution is -0.135. The quantitative estimate of drug-likeness (QED) is 0.676. The summed E-state index contributed by atoms with van der Waals surface area (Å²) in [5.74, 6) is -0.177. The van der Waals surface area contributed by atoms with Crippen molar-refractivity contribution in [3.05, 3.63) is 0 Å². The molecule has 0 bridgehead atoms. The van der Waals surface area contributed by atoms with E-state index in [4.69, 9.17) is 0 Å². The number of amides is 2. The lowest BCUT2D eigenvalue weighted by Gasteiger charge is -2.33. The largest absolute Gasteiger partial charge is 0.391 e. The number of nitrogens with one attached hydrogen (secondary N) is 1. The highest BCUT2D eigenvalue weighted by atomic mass is 16.3. The molecule has 2 N–H and O–H groups in total. The highest BCUT2D eigenvalue weighted by Crippen LogP contribution is 2.23. The van der Waals surface area contributed by atoms with Gasteiger partial charge in [0.15, 0.2) is 13.0 Å². The second-order valence-corrected chi connectivity index (χ2v) is 6.34. The Kier molecular flexibility index (Phi) is 5.47. The summed E-state index contributed by atoms with van der Waals surface area (Å²) in [4.78, 5) is 25.9. The van der Waals surface area contributed by atoms with E-state index in [0.29, 0.717) is 26.7 Å². The molecule has 2 amide bonds. The first-order valence-electron chi connectivity index (χ1n) is 7.02. The van der Waals surface area contributed by atoms with Crippen LogP contribution in [0.2, 0.25) is 6.82 Å². The molecule has 1 aliphatic heterocycles. The molecular formula is C12H24B2N2O3. The Morgan fingerprint density at radius 1 is 1.42 bits per heavy atom. The molecule has 0 aromatic heterocycles. The summed E-state index contributed by atoms with van der Waals surface area (Å²) in [6.07, 6.45) is 0.182. The number of aliphatic hydroxyl groups is 1. The maximum Gasteiger partial charge on any atom is 0.245 e. The third-order valence-corrected chi connectivity index (χ3v) is 3.37. The van der Waals surface area contributed by atoms with Crippen molar-refractivity contribution in [1.82, 2.24) is 10.2 Å². The predicted molar refractivity (Wildman–Crippen MR) is 79.1 cm³/mol. The fraction of sp³-hybridized carbons (Fsp3) is 0.833. The van der Waals surface area contributed by atoms with Gasteiger partial charge in [-0.15, -0.1) is 0 Å². The van der Waals surface area contributed by atoms with Crippen LogP contribution in [0, 0.1) is 5.41 Å². The highest BCUT2D eigenvalue weighted by Gasteiger charge is 2.37. The monoisotopic (exact) mass is 266 g/mol. The Bertz CT molecular complexity index is 344. The van der Waals surface area contributed by atoms with E-state index in [2.05, 4.69) is 5.32 Å². The van der Waals surface area contributed by atoms with E-state index in [1.165, 1.54) is 0 Å². The van der Waals surface area contributed by atoms with Gasteiger partial charge in [-0.25, -0.2) is 0 Å². The summed E-state index contributed by atoms with van der Waals surface area (Å²) in [6.45, 7) is 8.69. The van der Waals surface area contributed by atoms with E-state index >= 15 is 0 Å². The minimum absolute atomic E-state index is 0.0875. The molecule has 1 aliphatic rings. The number of hydrogen-bond acceptors (Lipinski definition) is 3. The van der Waals surface area contributed by atoms with Gasteiger partial charge in [0, 0.05) is 13.1 Å². The molecule has 0 saturated carbocycles. The normalized spacial score (nSPS) is 20.9. The zero-order valence-corrected chi connectivity index (χ0v) is 12.4. The molecule has 1 saturated heterocycles. The average molecular weight is 266 g/mol. The van der Waals surface area contributed by atoms with Crippen molar-refractivity contribution in [2.24, 2.45) is 5.41 Å². The van der Waals surface area contributed by atoms with E-state index in [1.807, 2.05) is 27.6 Å². The third kappa shape index (κ3) is 4.56. The summed E-state index contributed by atoms with van der Waals surface area (Å²) in [7, 11) is 1.20. The Morgan fingerprint density at radius 2 is 2.05 bits per heavy atom.